The van der Waals surface area contributed by atoms with Crippen molar-refractivity contribution >= 4 is 6.21 Å². The van der Waals surface area contributed by atoms with Crippen LogP contribution in [0.5, 0.6) is 0 Å². The van der Waals surface area contributed by atoms with Gasteiger partial charge < -0.3 is 0 Å². The topological polar surface area (TPSA) is 12.4 Å². The molecule has 0 aromatic heterocycles. The summed E-state index contributed by atoms with van der Waals surface area (Å²) in [5.41, 5.74) is 2.41. The van der Waals surface area contributed by atoms with Crippen molar-refractivity contribution in [2.45, 2.75) is 40.2 Å². The lowest BCUT2D eigenvalue weighted by molar-refractivity contribution is 0.452. The molecule has 1 aromatic rings. The highest BCUT2D eigenvalue weighted by Crippen LogP contribution is 2.33. The van der Waals surface area contributed by atoms with Gasteiger partial charge in [0.2, 0.25) is 0 Å². The van der Waals surface area contributed by atoms with E-state index in [-0.39, 0.29) is 11.0 Å². The van der Waals surface area contributed by atoms with Crippen molar-refractivity contribution < 1.29 is 0 Å². The summed E-state index contributed by atoms with van der Waals surface area (Å²) in [5, 5.41) is 0. The van der Waals surface area contributed by atoms with E-state index in [0.29, 0.717) is 5.92 Å². The molecule has 1 aliphatic rings. The van der Waals surface area contributed by atoms with E-state index in [1.807, 2.05) is 0 Å². The maximum absolute atomic E-state index is 4.92. The van der Waals surface area contributed by atoms with Crippen LogP contribution < -0.4 is 0 Å². The SMILES string of the molecule is Cc1ccccc1C(C)(C)N=CC1(C)C=CC=CC1C. The van der Waals surface area contributed by atoms with E-state index in [2.05, 4.69) is 89.4 Å². The zero-order valence-corrected chi connectivity index (χ0v) is 13.2. The van der Waals surface area contributed by atoms with Crippen LogP contribution in [0.3, 0.4) is 0 Å². The Morgan fingerprint density at radius 1 is 1.20 bits per heavy atom. The predicted molar refractivity (Wildman–Crippen MR) is 88.2 cm³/mol. The van der Waals surface area contributed by atoms with Gasteiger partial charge in [0.05, 0.1) is 5.54 Å². The van der Waals surface area contributed by atoms with Gasteiger partial charge in [0.25, 0.3) is 0 Å². The molecule has 0 fully saturated rings. The number of nitrogens with zero attached hydrogens (tertiary/aromatic N) is 1. The molecule has 20 heavy (non-hydrogen) atoms. The van der Waals surface area contributed by atoms with Crippen molar-refractivity contribution in [1.29, 1.82) is 0 Å². The Morgan fingerprint density at radius 2 is 1.90 bits per heavy atom. The van der Waals surface area contributed by atoms with E-state index >= 15 is 0 Å². The predicted octanol–water partition coefficient (Wildman–Crippen LogP) is 5.07. The number of rotatable bonds is 3. The third-order valence-electron chi connectivity index (χ3n) is 4.42. The molecule has 0 heterocycles. The Balaban J connectivity index is 2.28. The van der Waals surface area contributed by atoms with Gasteiger partial charge in [-0.2, -0.15) is 0 Å². The monoisotopic (exact) mass is 267 g/mol. The van der Waals surface area contributed by atoms with Gasteiger partial charge in [0, 0.05) is 11.6 Å². The lowest BCUT2D eigenvalue weighted by Crippen LogP contribution is -2.27. The second-order valence-corrected chi connectivity index (χ2v) is 6.53. The summed E-state index contributed by atoms with van der Waals surface area (Å²) in [7, 11) is 0. The fourth-order valence-corrected chi connectivity index (χ4v) is 2.64. The van der Waals surface area contributed by atoms with Crippen LogP contribution in [0.25, 0.3) is 0 Å². The molecular formula is C19H25N. The van der Waals surface area contributed by atoms with Crippen molar-refractivity contribution in [2.24, 2.45) is 16.3 Å². The fourth-order valence-electron chi connectivity index (χ4n) is 2.64. The van der Waals surface area contributed by atoms with E-state index in [9.17, 15) is 0 Å². The first-order valence-electron chi connectivity index (χ1n) is 7.34. The second kappa shape index (κ2) is 5.40. The van der Waals surface area contributed by atoms with Gasteiger partial charge in [-0.3, -0.25) is 4.99 Å². The van der Waals surface area contributed by atoms with E-state index in [1.54, 1.807) is 0 Å². The summed E-state index contributed by atoms with van der Waals surface area (Å²) >= 11 is 0. The minimum Gasteiger partial charge on any atom is -0.286 e. The molecule has 1 aliphatic carbocycles. The summed E-state index contributed by atoms with van der Waals surface area (Å²) < 4.78 is 0. The van der Waals surface area contributed by atoms with Crippen molar-refractivity contribution in [3.63, 3.8) is 0 Å². The molecule has 2 unspecified atom stereocenters. The minimum absolute atomic E-state index is 0.00864. The first kappa shape index (κ1) is 14.8. The Labute approximate surface area is 123 Å². The average molecular weight is 267 g/mol. The molecule has 2 atom stereocenters. The van der Waals surface area contributed by atoms with Gasteiger partial charge in [0.1, 0.15) is 0 Å². The number of allylic oxidation sites excluding steroid dienone is 4. The zero-order chi connectivity index (χ0) is 14.8. The normalized spacial score (nSPS) is 26.4. The smallest absolute Gasteiger partial charge is 0.0799 e. The van der Waals surface area contributed by atoms with Crippen LogP contribution >= 0.6 is 0 Å². The number of aryl methyl sites for hydroxylation is 1. The van der Waals surface area contributed by atoms with Crippen molar-refractivity contribution in [2.75, 3.05) is 0 Å². The Kier molecular flexibility index (Phi) is 3.99. The second-order valence-electron chi connectivity index (χ2n) is 6.53. The van der Waals surface area contributed by atoms with E-state index in [0.717, 1.165) is 0 Å². The molecular weight excluding hydrogens is 242 g/mol. The van der Waals surface area contributed by atoms with Crippen LogP contribution in [0.15, 0.2) is 53.6 Å². The quantitative estimate of drug-likeness (QED) is 0.678. The average Bonchev–Trinajstić information content (AvgIpc) is 2.41. The maximum Gasteiger partial charge on any atom is 0.0799 e. The molecule has 2 rings (SSSR count). The Morgan fingerprint density at radius 3 is 2.55 bits per heavy atom. The van der Waals surface area contributed by atoms with Crippen molar-refractivity contribution in [1.82, 2.24) is 0 Å². The summed E-state index contributed by atoms with van der Waals surface area (Å²) in [6.45, 7) is 11.0. The first-order valence-corrected chi connectivity index (χ1v) is 7.34. The van der Waals surface area contributed by atoms with Crippen LogP contribution in [0.1, 0.15) is 38.8 Å². The highest BCUT2D eigenvalue weighted by atomic mass is 14.8. The maximum atomic E-state index is 4.92. The molecule has 1 heteroatoms. The molecule has 0 saturated carbocycles. The summed E-state index contributed by atoms with van der Waals surface area (Å²) in [4.78, 5) is 4.92. The van der Waals surface area contributed by atoms with Crippen molar-refractivity contribution in [3.05, 3.63) is 59.7 Å². The molecule has 0 bridgehead atoms. The van der Waals surface area contributed by atoms with Gasteiger partial charge in [-0.15, -0.1) is 0 Å². The summed E-state index contributed by atoms with van der Waals surface area (Å²) in [6.07, 6.45) is 10.9. The molecule has 0 saturated heterocycles. The summed E-state index contributed by atoms with van der Waals surface area (Å²) in [5.74, 6) is 0.476. The van der Waals surface area contributed by atoms with Crippen LogP contribution in [0.2, 0.25) is 0 Å². The number of aliphatic imine (C=N–C) groups is 1. The molecule has 0 aliphatic heterocycles. The van der Waals surface area contributed by atoms with Gasteiger partial charge in [-0.05, 0) is 37.8 Å². The zero-order valence-electron chi connectivity index (χ0n) is 13.2. The molecule has 0 radical (unpaired) electrons. The molecule has 106 valence electrons. The Bertz CT molecular complexity index is 563. The number of benzene rings is 1. The standard InChI is InChI=1S/C19H25N/c1-15-10-6-7-12-17(15)18(3,4)20-14-19(5)13-9-8-11-16(19)2/h6-14,16H,1-5H3. The lowest BCUT2D eigenvalue weighted by Gasteiger charge is -2.31. The third kappa shape index (κ3) is 2.92. The lowest BCUT2D eigenvalue weighted by atomic mass is 9.76. The summed E-state index contributed by atoms with van der Waals surface area (Å²) in [6, 6.07) is 8.50. The first-order chi connectivity index (χ1) is 9.35. The third-order valence-corrected chi connectivity index (χ3v) is 4.42. The van der Waals surface area contributed by atoms with Gasteiger partial charge in [-0.25, -0.2) is 0 Å². The molecule has 0 N–H and O–H groups in total. The Hall–Kier alpha value is -1.63. The fraction of sp³-hybridized carbons (Fsp3) is 0.421. The van der Waals surface area contributed by atoms with Crippen molar-refractivity contribution in [3.8, 4) is 0 Å². The molecule has 1 aromatic carbocycles. The van der Waals surface area contributed by atoms with Crippen LogP contribution in [-0.2, 0) is 5.54 Å². The van der Waals surface area contributed by atoms with Gasteiger partial charge >= 0.3 is 0 Å². The van der Waals surface area contributed by atoms with E-state index < -0.39 is 0 Å². The highest BCUT2D eigenvalue weighted by Gasteiger charge is 2.28. The van der Waals surface area contributed by atoms with E-state index in [1.165, 1.54) is 11.1 Å². The van der Waals surface area contributed by atoms with Crippen LogP contribution in [0, 0.1) is 18.3 Å². The molecule has 0 spiro atoms. The van der Waals surface area contributed by atoms with Gasteiger partial charge in [0.15, 0.2) is 0 Å². The number of hydrogen-bond donors (Lipinski definition) is 0. The van der Waals surface area contributed by atoms with Crippen LogP contribution in [0.4, 0.5) is 0 Å². The van der Waals surface area contributed by atoms with E-state index in [4.69, 9.17) is 4.99 Å². The number of hydrogen-bond acceptors (Lipinski definition) is 1. The minimum atomic E-state index is -0.191. The largest absolute Gasteiger partial charge is 0.286 e. The molecule has 0 amide bonds. The van der Waals surface area contributed by atoms with Gasteiger partial charge in [-0.1, -0.05) is 62.4 Å². The molecule has 1 nitrogen and oxygen atoms in total. The highest BCUT2D eigenvalue weighted by molar-refractivity contribution is 5.70. The van der Waals surface area contributed by atoms with Crippen LogP contribution in [-0.4, -0.2) is 6.21 Å².